The molecule has 2 aliphatic rings. The van der Waals surface area contributed by atoms with E-state index in [1.165, 1.54) is 5.57 Å². The lowest BCUT2D eigenvalue weighted by atomic mass is 9.97. The van der Waals surface area contributed by atoms with E-state index >= 15 is 0 Å². The van der Waals surface area contributed by atoms with Gasteiger partial charge in [-0.15, -0.1) is 0 Å². The summed E-state index contributed by atoms with van der Waals surface area (Å²) in [6.45, 7) is 1.85. The molecule has 0 spiro atoms. The van der Waals surface area contributed by atoms with Gasteiger partial charge in [0.05, 0.1) is 6.54 Å². The fourth-order valence-corrected chi connectivity index (χ4v) is 3.81. The number of para-hydroxylation sites is 1. The van der Waals surface area contributed by atoms with E-state index in [2.05, 4.69) is 26.3 Å². The maximum atomic E-state index is 12.8. The van der Waals surface area contributed by atoms with E-state index in [9.17, 15) is 14.4 Å². The number of benzene rings is 1. The maximum absolute atomic E-state index is 12.8. The summed E-state index contributed by atoms with van der Waals surface area (Å²) in [4.78, 5) is 51.9. The van der Waals surface area contributed by atoms with Gasteiger partial charge in [0.2, 0.25) is 11.9 Å². The Hall–Kier alpha value is -3.82. The van der Waals surface area contributed by atoms with Gasteiger partial charge in [0, 0.05) is 12.2 Å². The lowest BCUT2D eigenvalue weighted by Crippen LogP contribution is -2.34. The lowest BCUT2D eigenvalue weighted by Gasteiger charge is -2.17. The molecule has 4 rings (SSSR count). The molecule has 0 atom stereocenters. The quantitative estimate of drug-likeness (QED) is 0.385. The van der Waals surface area contributed by atoms with E-state index < -0.39 is 17.8 Å². The number of nitrogen functional groups attached to an aromatic ring is 1. The number of aryl methyl sites for hydroxylation is 1. The molecule has 1 aromatic heterocycles. The number of allylic oxidation sites excluding steroid dienone is 1. The number of rotatable bonds is 7. The molecule has 4 amide bonds. The van der Waals surface area contributed by atoms with Crippen LogP contribution in [0, 0.1) is 6.92 Å². The van der Waals surface area contributed by atoms with Gasteiger partial charge in [-0.2, -0.15) is 15.0 Å². The van der Waals surface area contributed by atoms with Crippen LogP contribution in [0.2, 0.25) is 0 Å². The molecule has 1 aliphatic carbocycles. The van der Waals surface area contributed by atoms with Crippen molar-refractivity contribution >= 4 is 35.4 Å². The Morgan fingerprint density at radius 2 is 1.81 bits per heavy atom. The molecule has 0 saturated carbocycles. The number of amides is 4. The summed E-state index contributed by atoms with van der Waals surface area (Å²) in [5, 5.41) is 3.06. The van der Waals surface area contributed by atoms with Crippen LogP contribution in [0.3, 0.4) is 0 Å². The van der Waals surface area contributed by atoms with Crippen LogP contribution in [0.25, 0.3) is 0 Å². The topological polar surface area (TPSA) is 134 Å². The minimum absolute atomic E-state index is 0.0578. The number of nitrogens with one attached hydrogen (secondary N) is 1. The Bertz CT molecular complexity index is 1100. The number of nitrogens with zero attached hydrogens (tertiary/aromatic N) is 5. The highest BCUT2D eigenvalue weighted by Crippen LogP contribution is 2.23. The predicted molar refractivity (Wildman–Crippen MR) is 118 cm³/mol. The van der Waals surface area contributed by atoms with Crippen LogP contribution >= 0.6 is 0 Å². The van der Waals surface area contributed by atoms with Crippen molar-refractivity contribution in [1.29, 1.82) is 0 Å². The zero-order valence-corrected chi connectivity index (χ0v) is 17.9. The third kappa shape index (κ3) is 4.58. The third-order valence-electron chi connectivity index (χ3n) is 5.57. The van der Waals surface area contributed by atoms with Crippen LogP contribution in [0.1, 0.15) is 43.5 Å². The smallest absolute Gasteiger partial charge is 0.334 e. The van der Waals surface area contributed by atoms with Crippen molar-refractivity contribution < 1.29 is 14.4 Å². The Morgan fingerprint density at radius 1 is 1.03 bits per heavy atom. The fraction of sp³-hybridized carbons (Fsp3) is 0.364. The Labute approximate surface area is 185 Å². The molecule has 10 nitrogen and oxygen atoms in total. The highest BCUT2D eigenvalue weighted by Gasteiger charge is 2.44. The second kappa shape index (κ2) is 9.13. The zero-order valence-electron chi connectivity index (χ0n) is 17.9. The average Bonchev–Trinajstić information content (AvgIpc) is 2.97. The third-order valence-corrected chi connectivity index (χ3v) is 5.57. The molecule has 32 heavy (non-hydrogen) atoms. The van der Waals surface area contributed by atoms with Gasteiger partial charge in [0.1, 0.15) is 0 Å². The number of aromatic nitrogens is 3. The van der Waals surface area contributed by atoms with Crippen LogP contribution in [-0.4, -0.2) is 49.1 Å². The average molecular weight is 435 g/mol. The number of imide groups is 2. The van der Waals surface area contributed by atoms with Gasteiger partial charge in [-0.1, -0.05) is 29.8 Å². The van der Waals surface area contributed by atoms with E-state index in [0.29, 0.717) is 6.42 Å². The summed E-state index contributed by atoms with van der Waals surface area (Å²) in [7, 11) is 0. The molecule has 0 unspecified atom stereocenters. The minimum atomic E-state index is -0.889. The predicted octanol–water partition coefficient (Wildman–Crippen LogP) is 2.69. The van der Waals surface area contributed by atoms with Gasteiger partial charge < -0.3 is 11.1 Å². The highest BCUT2D eigenvalue weighted by molar-refractivity contribution is 6.44. The lowest BCUT2D eigenvalue weighted by molar-refractivity contribution is -0.143. The molecule has 1 aromatic carbocycles. The number of carbonyl (C=O) groups excluding carboxylic acids is 3. The molecule has 2 aromatic rings. The first-order valence-electron chi connectivity index (χ1n) is 10.6. The highest BCUT2D eigenvalue weighted by atomic mass is 16.2. The molecular formula is C22H25N7O3. The van der Waals surface area contributed by atoms with Crippen LogP contribution in [0.5, 0.6) is 0 Å². The van der Waals surface area contributed by atoms with Crippen LogP contribution in [0.15, 0.2) is 35.9 Å². The van der Waals surface area contributed by atoms with Crippen molar-refractivity contribution in [3.63, 3.8) is 0 Å². The largest absolute Gasteiger partial charge is 0.368 e. The van der Waals surface area contributed by atoms with Gasteiger partial charge in [-0.25, -0.2) is 9.69 Å². The van der Waals surface area contributed by atoms with Gasteiger partial charge >= 0.3 is 17.8 Å². The summed E-state index contributed by atoms with van der Waals surface area (Å²) in [6.07, 6.45) is 6.99. The number of carbonyl (C=O) groups is 3. The van der Waals surface area contributed by atoms with E-state index in [1.54, 1.807) is 0 Å². The van der Waals surface area contributed by atoms with Gasteiger partial charge in [-0.05, 0) is 50.7 Å². The Balaban J connectivity index is 1.47. The first-order valence-corrected chi connectivity index (χ1v) is 10.6. The number of hydrogen-bond acceptors (Lipinski definition) is 8. The van der Waals surface area contributed by atoms with Crippen molar-refractivity contribution in [1.82, 2.24) is 24.8 Å². The molecule has 1 fully saturated rings. The molecule has 166 valence electrons. The Morgan fingerprint density at radius 3 is 2.56 bits per heavy atom. The van der Waals surface area contributed by atoms with E-state index in [-0.39, 0.29) is 30.8 Å². The monoisotopic (exact) mass is 435 g/mol. The standard InChI is InChI=1S/C22H25N7O3/c1-14-7-5-6-10-16(14)24-21-26-17(25-20(23)27-21)13-29-19(31)18(30)28(22(29)32)12-11-15-8-3-2-4-9-15/h5-8,10H,2-4,9,11-13H2,1H3,(H3,23,24,25,26,27). The van der Waals surface area contributed by atoms with Crippen molar-refractivity contribution in [3.8, 4) is 0 Å². The van der Waals surface area contributed by atoms with Crippen LogP contribution < -0.4 is 11.1 Å². The SMILES string of the molecule is Cc1ccccc1Nc1nc(N)nc(CN2C(=O)C(=O)N(CCC3=CCCCC3)C2=O)n1. The molecule has 10 heteroatoms. The molecule has 3 N–H and O–H groups in total. The van der Waals surface area contributed by atoms with Crippen molar-refractivity contribution in [2.24, 2.45) is 0 Å². The molecule has 0 radical (unpaired) electrons. The number of hydrogen-bond donors (Lipinski definition) is 2. The number of nitrogens with two attached hydrogens (primary N) is 1. The summed E-state index contributed by atoms with van der Waals surface area (Å²) >= 11 is 0. The summed E-state index contributed by atoms with van der Waals surface area (Å²) < 4.78 is 0. The molecular weight excluding hydrogens is 410 g/mol. The summed E-state index contributed by atoms with van der Waals surface area (Å²) in [5.41, 5.74) is 8.79. The van der Waals surface area contributed by atoms with E-state index in [4.69, 9.17) is 5.73 Å². The fourth-order valence-electron chi connectivity index (χ4n) is 3.81. The van der Waals surface area contributed by atoms with Gasteiger partial charge in [-0.3, -0.25) is 14.5 Å². The molecule has 1 saturated heterocycles. The van der Waals surface area contributed by atoms with Crippen molar-refractivity contribution in [3.05, 3.63) is 47.3 Å². The summed E-state index contributed by atoms with van der Waals surface area (Å²) in [6, 6.07) is 6.90. The molecule has 1 aliphatic heterocycles. The second-order valence-corrected chi connectivity index (χ2v) is 7.86. The van der Waals surface area contributed by atoms with Crippen LogP contribution in [-0.2, 0) is 16.1 Å². The Kier molecular flexibility index (Phi) is 6.11. The summed E-state index contributed by atoms with van der Waals surface area (Å²) in [5.74, 6) is -1.47. The van der Waals surface area contributed by atoms with Gasteiger partial charge in [0.25, 0.3) is 0 Å². The zero-order chi connectivity index (χ0) is 22.7. The molecule has 0 bridgehead atoms. The first kappa shape index (κ1) is 21.4. The van der Waals surface area contributed by atoms with Crippen molar-refractivity contribution in [2.75, 3.05) is 17.6 Å². The van der Waals surface area contributed by atoms with Crippen LogP contribution in [0.4, 0.5) is 22.4 Å². The maximum Gasteiger partial charge on any atom is 0.334 e. The molecule has 2 heterocycles. The normalized spacial score (nSPS) is 16.5. The van der Waals surface area contributed by atoms with E-state index in [1.807, 2.05) is 31.2 Å². The van der Waals surface area contributed by atoms with E-state index in [0.717, 1.165) is 46.7 Å². The van der Waals surface area contributed by atoms with Crippen molar-refractivity contribution in [2.45, 2.75) is 45.6 Å². The number of anilines is 3. The minimum Gasteiger partial charge on any atom is -0.368 e. The van der Waals surface area contributed by atoms with Gasteiger partial charge in [0.15, 0.2) is 5.82 Å². The first-order chi connectivity index (χ1) is 15.4. The number of urea groups is 1. The second-order valence-electron chi connectivity index (χ2n) is 7.86.